The molecule has 3 aromatic rings. The number of carbonyl (C=O) groups is 1. The number of carbonyl (C=O) groups excluding carboxylic acids is 1. The summed E-state index contributed by atoms with van der Waals surface area (Å²) >= 11 is 1.30. The van der Waals surface area contributed by atoms with Gasteiger partial charge in [0.25, 0.3) is 0 Å². The third-order valence-electron chi connectivity index (χ3n) is 7.07. The van der Waals surface area contributed by atoms with Crippen LogP contribution >= 0.6 is 11.3 Å². The standard InChI is InChI=1S/C26H31F3N4O3S/c1-15-21-17(13-19(37-21)22(34)25(36-5)9-11-33(4)12-10-25)23(32-31-15)30-14-16-7-6-8-18(20(16)27)26(28,29)24(2,3)35/h6-8,13,35H,9-12,14H2,1-5H3,(H,30,32). The molecule has 3 heterocycles. The molecule has 0 bridgehead atoms. The van der Waals surface area contributed by atoms with Gasteiger partial charge in [0.15, 0.2) is 5.82 Å². The lowest BCUT2D eigenvalue weighted by molar-refractivity contribution is -0.170. The largest absolute Gasteiger partial charge is 0.384 e. The van der Waals surface area contributed by atoms with Crippen molar-refractivity contribution in [3.8, 4) is 0 Å². The summed E-state index contributed by atoms with van der Waals surface area (Å²) in [5.41, 5.74) is -3.61. The molecule has 0 radical (unpaired) electrons. The minimum atomic E-state index is -3.79. The van der Waals surface area contributed by atoms with Crippen LogP contribution in [0.4, 0.5) is 19.0 Å². The van der Waals surface area contributed by atoms with Gasteiger partial charge in [-0.1, -0.05) is 12.1 Å². The third kappa shape index (κ3) is 4.97. The predicted molar refractivity (Wildman–Crippen MR) is 137 cm³/mol. The third-order valence-corrected chi connectivity index (χ3v) is 8.31. The number of anilines is 1. The van der Waals surface area contributed by atoms with Crippen molar-refractivity contribution in [3.05, 3.63) is 51.8 Å². The molecule has 0 unspecified atom stereocenters. The van der Waals surface area contributed by atoms with Gasteiger partial charge in [-0.3, -0.25) is 4.79 Å². The number of benzene rings is 1. The zero-order chi connectivity index (χ0) is 27.2. The van der Waals surface area contributed by atoms with Crippen LogP contribution in [-0.4, -0.2) is 64.4 Å². The second kappa shape index (κ2) is 9.94. The SMILES string of the molecule is COC1(C(=O)c2cc3c(NCc4cccc(C(F)(F)C(C)(C)O)c4F)nnc(C)c3s2)CCN(C)CC1. The van der Waals surface area contributed by atoms with Crippen molar-refractivity contribution < 1.29 is 27.8 Å². The molecule has 2 N–H and O–H groups in total. The van der Waals surface area contributed by atoms with Crippen LogP contribution in [0.5, 0.6) is 0 Å². The number of hydrogen-bond acceptors (Lipinski definition) is 8. The number of hydrogen-bond donors (Lipinski definition) is 2. The first kappa shape index (κ1) is 27.4. The Morgan fingerprint density at radius 2 is 1.95 bits per heavy atom. The Morgan fingerprint density at radius 1 is 1.27 bits per heavy atom. The number of aromatic nitrogens is 2. The number of nitrogens with zero attached hydrogens (tertiary/aromatic N) is 3. The number of halogens is 3. The lowest BCUT2D eigenvalue weighted by atomic mass is 9.86. The van der Waals surface area contributed by atoms with Crippen LogP contribution < -0.4 is 5.32 Å². The second-order valence-electron chi connectivity index (χ2n) is 10.1. The van der Waals surface area contributed by atoms with Crippen LogP contribution in [0.15, 0.2) is 24.3 Å². The molecule has 1 saturated heterocycles. The van der Waals surface area contributed by atoms with E-state index in [0.717, 1.165) is 37.7 Å². The van der Waals surface area contributed by atoms with E-state index in [1.165, 1.54) is 23.5 Å². The van der Waals surface area contributed by atoms with E-state index in [4.69, 9.17) is 4.74 Å². The number of rotatable bonds is 8. The summed E-state index contributed by atoms with van der Waals surface area (Å²) in [6, 6.07) is 5.40. The zero-order valence-electron chi connectivity index (χ0n) is 21.5. The van der Waals surface area contributed by atoms with Gasteiger partial charge in [0.05, 0.1) is 20.8 Å². The fraction of sp³-hybridized carbons (Fsp3) is 0.500. The predicted octanol–water partition coefficient (Wildman–Crippen LogP) is 4.91. The maximum absolute atomic E-state index is 15.1. The van der Waals surface area contributed by atoms with Crippen LogP contribution in [0.1, 0.15) is 53.2 Å². The summed E-state index contributed by atoms with van der Waals surface area (Å²) in [6.45, 7) is 5.00. The molecule has 2 aromatic heterocycles. The van der Waals surface area contributed by atoms with Gasteiger partial charge in [0.1, 0.15) is 17.0 Å². The molecule has 1 fully saturated rings. The molecule has 37 heavy (non-hydrogen) atoms. The number of ketones is 1. The van der Waals surface area contributed by atoms with Crippen molar-refractivity contribution in [1.29, 1.82) is 0 Å². The fourth-order valence-corrected chi connectivity index (χ4v) is 5.63. The van der Waals surface area contributed by atoms with Crippen LogP contribution in [0.3, 0.4) is 0 Å². The first-order valence-electron chi connectivity index (χ1n) is 12.0. The molecule has 4 rings (SSSR count). The van der Waals surface area contributed by atoms with Crippen molar-refractivity contribution in [3.63, 3.8) is 0 Å². The van der Waals surface area contributed by atoms with E-state index in [0.29, 0.717) is 34.6 Å². The van der Waals surface area contributed by atoms with E-state index < -0.39 is 28.5 Å². The Balaban J connectivity index is 1.64. The fourth-order valence-electron chi connectivity index (χ4n) is 4.50. The highest BCUT2D eigenvalue weighted by Crippen LogP contribution is 2.41. The molecule has 0 saturated carbocycles. The normalized spacial score (nSPS) is 16.8. The van der Waals surface area contributed by atoms with E-state index in [-0.39, 0.29) is 17.9 Å². The number of methoxy groups -OCH3 is 1. The summed E-state index contributed by atoms with van der Waals surface area (Å²) in [5.74, 6) is -4.69. The quantitative estimate of drug-likeness (QED) is 0.396. The first-order valence-corrected chi connectivity index (χ1v) is 12.8. The van der Waals surface area contributed by atoms with Gasteiger partial charge < -0.3 is 20.1 Å². The molecular weight excluding hydrogens is 505 g/mol. The van der Waals surface area contributed by atoms with Crippen LogP contribution in [0.25, 0.3) is 10.1 Å². The minimum Gasteiger partial charge on any atom is -0.384 e. The molecule has 0 aliphatic carbocycles. The van der Waals surface area contributed by atoms with E-state index in [2.05, 4.69) is 20.4 Å². The number of ether oxygens (including phenoxy) is 1. The number of aliphatic hydroxyl groups is 1. The maximum Gasteiger partial charge on any atom is 0.303 e. The smallest absolute Gasteiger partial charge is 0.303 e. The van der Waals surface area contributed by atoms with Crippen LogP contribution in [-0.2, 0) is 17.2 Å². The average Bonchev–Trinajstić information content (AvgIpc) is 3.30. The van der Waals surface area contributed by atoms with Crippen molar-refractivity contribution in [2.45, 2.75) is 57.3 Å². The van der Waals surface area contributed by atoms with Crippen molar-refractivity contribution in [1.82, 2.24) is 15.1 Å². The molecule has 0 spiro atoms. The Labute approximate surface area is 217 Å². The second-order valence-corrected chi connectivity index (χ2v) is 11.1. The average molecular weight is 537 g/mol. The Kier molecular flexibility index (Phi) is 7.37. The van der Waals surface area contributed by atoms with Crippen molar-refractivity contribution in [2.75, 3.05) is 32.6 Å². The molecule has 1 aliphatic rings. The number of likely N-dealkylation sites (tertiary alicyclic amines) is 1. The number of nitrogens with one attached hydrogen (secondary N) is 1. The van der Waals surface area contributed by atoms with Gasteiger partial charge in [-0.2, -0.15) is 13.9 Å². The Morgan fingerprint density at radius 3 is 2.57 bits per heavy atom. The summed E-state index contributed by atoms with van der Waals surface area (Å²) in [4.78, 5) is 16.2. The number of Topliss-reactive ketones (excluding diaryl/α,β-unsaturated/α-hetero) is 1. The lowest BCUT2D eigenvalue weighted by Gasteiger charge is -2.37. The number of alkyl halides is 2. The van der Waals surface area contributed by atoms with Crippen molar-refractivity contribution >= 4 is 33.0 Å². The summed E-state index contributed by atoms with van der Waals surface area (Å²) in [6.07, 6.45) is 1.16. The van der Waals surface area contributed by atoms with Gasteiger partial charge in [0, 0.05) is 37.7 Å². The van der Waals surface area contributed by atoms with Gasteiger partial charge in [-0.25, -0.2) is 4.39 Å². The maximum atomic E-state index is 15.1. The topological polar surface area (TPSA) is 87.6 Å². The molecular formula is C26H31F3N4O3S. The molecule has 1 aromatic carbocycles. The van der Waals surface area contributed by atoms with Crippen LogP contribution in [0, 0.1) is 12.7 Å². The van der Waals surface area contributed by atoms with Gasteiger partial charge in [0.2, 0.25) is 5.78 Å². The highest BCUT2D eigenvalue weighted by Gasteiger charge is 2.49. The van der Waals surface area contributed by atoms with E-state index in [9.17, 15) is 18.7 Å². The summed E-state index contributed by atoms with van der Waals surface area (Å²) in [7, 11) is 3.56. The van der Waals surface area contributed by atoms with Crippen LogP contribution in [0.2, 0.25) is 0 Å². The molecule has 0 amide bonds. The Hall–Kier alpha value is -2.60. The monoisotopic (exact) mass is 536 g/mol. The minimum absolute atomic E-state index is 0.0202. The summed E-state index contributed by atoms with van der Waals surface area (Å²) in [5, 5.41) is 21.8. The number of aryl methyl sites for hydroxylation is 1. The number of piperidine rings is 1. The first-order chi connectivity index (χ1) is 17.3. The number of thiophene rings is 1. The summed E-state index contributed by atoms with van der Waals surface area (Å²) < 4.78 is 50.9. The molecule has 0 atom stereocenters. The molecule has 11 heteroatoms. The van der Waals surface area contributed by atoms with Gasteiger partial charge in [-0.05, 0) is 52.8 Å². The highest BCUT2D eigenvalue weighted by atomic mass is 32.1. The van der Waals surface area contributed by atoms with E-state index in [1.54, 1.807) is 20.1 Å². The van der Waals surface area contributed by atoms with Gasteiger partial charge in [-0.15, -0.1) is 16.4 Å². The van der Waals surface area contributed by atoms with Crippen molar-refractivity contribution in [2.24, 2.45) is 0 Å². The zero-order valence-corrected chi connectivity index (χ0v) is 22.3. The highest BCUT2D eigenvalue weighted by molar-refractivity contribution is 7.21. The molecule has 7 nitrogen and oxygen atoms in total. The van der Waals surface area contributed by atoms with E-state index >= 15 is 4.39 Å². The molecule has 1 aliphatic heterocycles. The lowest BCUT2D eigenvalue weighted by Crippen LogP contribution is -2.49. The molecule has 200 valence electrons. The van der Waals surface area contributed by atoms with E-state index in [1.807, 2.05) is 7.05 Å². The van der Waals surface area contributed by atoms with Gasteiger partial charge >= 0.3 is 5.92 Å². The number of fused-ring (bicyclic) bond motifs is 1. The Bertz CT molecular complexity index is 1310.